The van der Waals surface area contributed by atoms with Gasteiger partial charge in [-0.25, -0.2) is 19.3 Å². The van der Waals surface area contributed by atoms with Crippen molar-refractivity contribution < 1.29 is 4.79 Å². The fourth-order valence-electron chi connectivity index (χ4n) is 3.72. The molecule has 8 nitrogen and oxygen atoms in total. The van der Waals surface area contributed by atoms with Gasteiger partial charge in [0.25, 0.3) is 0 Å². The molecule has 5 aromatic rings. The molecule has 0 aliphatic carbocycles. The van der Waals surface area contributed by atoms with Crippen LogP contribution in [0.25, 0.3) is 16.2 Å². The van der Waals surface area contributed by atoms with Crippen molar-refractivity contribution in [3.8, 4) is 10.6 Å². The molecule has 2 aromatic carbocycles. The van der Waals surface area contributed by atoms with Gasteiger partial charge in [-0.2, -0.15) is 0 Å². The number of amides is 2. The zero-order valence-corrected chi connectivity index (χ0v) is 20.0. The predicted molar refractivity (Wildman–Crippen MR) is 138 cm³/mol. The summed E-state index contributed by atoms with van der Waals surface area (Å²) >= 11 is 1.60. The third-order valence-electron chi connectivity index (χ3n) is 5.52. The Morgan fingerprint density at radius 1 is 1.06 bits per heavy atom. The van der Waals surface area contributed by atoms with Crippen molar-refractivity contribution in [3.05, 3.63) is 106 Å². The molecule has 9 heteroatoms. The second-order valence-corrected chi connectivity index (χ2v) is 9.07. The number of carbonyl (C=O) groups excluding carboxylic acids is 1. The maximum absolute atomic E-state index is 12.5. The van der Waals surface area contributed by atoms with E-state index in [1.807, 2.05) is 35.7 Å². The Balaban J connectivity index is 1.15. The molecule has 0 saturated carbocycles. The molecule has 0 saturated heterocycles. The lowest BCUT2D eigenvalue weighted by atomic mass is 10.2. The molecule has 0 atom stereocenters. The second-order valence-electron chi connectivity index (χ2n) is 8.21. The highest BCUT2D eigenvalue weighted by atomic mass is 32.1. The summed E-state index contributed by atoms with van der Waals surface area (Å²) in [5, 5.41) is 13.1. The van der Waals surface area contributed by atoms with Crippen LogP contribution in [-0.4, -0.2) is 31.7 Å². The van der Waals surface area contributed by atoms with Gasteiger partial charge >= 0.3 is 11.7 Å². The quantitative estimate of drug-likeness (QED) is 0.359. The summed E-state index contributed by atoms with van der Waals surface area (Å²) in [5.41, 5.74) is 5.16. The maximum atomic E-state index is 12.5. The molecule has 0 aliphatic heterocycles. The Hall–Kier alpha value is -4.24. The number of hydrogen-bond acceptors (Lipinski definition) is 5. The molecule has 0 bridgehead atoms. The molecule has 176 valence electrons. The van der Waals surface area contributed by atoms with E-state index in [4.69, 9.17) is 0 Å². The number of fused-ring (bicyclic) bond motifs is 1. The van der Waals surface area contributed by atoms with Crippen LogP contribution >= 0.6 is 11.3 Å². The molecule has 35 heavy (non-hydrogen) atoms. The van der Waals surface area contributed by atoms with Gasteiger partial charge in [0.1, 0.15) is 5.01 Å². The van der Waals surface area contributed by atoms with Gasteiger partial charge in [0.15, 0.2) is 5.65 Å². The van der Waals surface area contributed by atoms with Crippen LogP contribution in [0.4, 0.5) is 10.5 Å². The Kier molecular flexibility index (Phi) is 6.40. The highest BCUT2D eigenvalue weighted by Gasteiger charge is 2.09. The number of nitrogens with one attached hydrogen (secondary N) is 2. The molecular formula is C26H24N6O2S. The van der Waals surface area contributed by atoms with Crippen molar-refractivity contribution in [2.24, 2.45) is 0 Å². The summed E-state index contributed by atoms with van der Waals surface area (Å²) in [4.78, 5) is 29.6. The number of benzene rings is 2. The standard InChI is InChI=1S/C26H24N6O2S/c1-18-8-10-20(11-9-18)24-28-22(17-35-24)12-13-27-25(33)29-21-6-4-5-19(15-21)16-32-26(34)31-14-3-2-7-23(31)30-32/h2-11,14-15,17H,12-13,16H2,1H3,(H2,27,29,33). The number of aryl methyl sites for hydroxylation is 1. The highest BCUT2D eigenvalue weighted by molar-refractivity contribution is 7.13. The Labute approximate surface area is 205 Å². The van der Waals surface area contributed by atoms with E-state index in [9.17, 15) is 9.59 Å². The van der Waals surface area contributed by atoms with Gasteiger partial charge in [0, 0.05) is 35.8 Å². The Morgan fingerprint density at radius 2 is 1.91 bits per heavy atom. The molecule has 3 aromatic heterocycles. The zero-order chi connectivity index (χ0) is 24.2. The molecule has 0 unspecified atom stereocenters. The number of anilines is 1. The number of hydrogen-bond donors (Lipinski definition) is 2. The van der Waals surface area contributed by atoms with E-state index < -0.39 is 0 Å². The van der Waals surface area contributed by atoms with Crippen molar-refractivity contribution in [1.29, 1.82) is 0 Å². The Morgan fingerprint density at radius 3 is 2.74 bits per heavy atom. The summed E-state index contributed by atoms with van der Waals surface area (Å²) in [5.74, 6) is 0. The topological polar surface area (TPSA) is 93.3 Å². The fraction of sp³-hybridized carbons (Fsp3) is 0.154. The molecule has 0 spiro atoms. The number of urea groups is 1. The average Bonchev–Trinajstić information content (AvgIpc) is 3.45. The first-order valence-electron chi connectivity index (χ1n) is 11.2. The number of nitrogens with zero attached hydrogens (tertiary/aromatic N) is 4. The van der Waals surface area contributed by atoms with Crippen molar-refractivity contribution >= 4 is 28.7 Å². The van der Waals surface area contributed by atoms with Gasteiger partial charge in [-0.15, -0.1) is 16.4 Å². The van der Waals surface area contributed by atoms with E-state index in [2.05, 4.69) is 51.9 Å². The van der Waals surface area contributed by atoms with E-state index in [-0.39, 0.29) is 11.7 Å². The first kappa shape index (κ1) is 22.5. The third-order valence-corrected chi connectivity index (χ3v) is 6.46. The van der Waals surface area contributed by atoms with Crippen LogP contribution in [0, 0.1) is 6.92 Å². The normalized spacial score (nSPS) is 11.0. The Bertz CT molecular complexity index is 1530. The number of thiazole rings is 1. The van der Waals surface area contributed by atoms with Crippen molar-refractivity contribution in [1.82, 2.24) is 24.5 Å². The average molecular weight is 485 g/mol. The van der Waals surface area contributed by atoms with Gasteiger partial charge in [-0.05, 0) is 36.8 Å². The molecule has 5 rings (SSSR count). The lowest BCUT2D eigenvalue weighted by molar-refractivity contribution is 0.252. The minimum atomic E-state index is -0.291. The highest BCUT2D eigenvalue weighted by Crippen LogP contribution is 2.24. The summed E-state index contributed by atoms with van der Waals surface area (Å²) < 4.78 is 2.91. The summed E-state index contributed by atoms with van der Waals surface area (Å²) in [6, 6.07) is 20.8. The lowest BCUT2D eigenvalue weighted by Gasteiger charge is -2.08. The maximum Gasteiger partial charge on any atom is 0.350 e. The van der Waals surface area contributed by atoms with Crippen LogP contribution in [0.1, 0.15) is 16.8 Å². The first-order valence-corrected chi connectivity index (χ1v) is 12.1. The third kappa shape index (κ3) is 5.30. The first-order chi connectivity index (χ1) is 17.0. The zero-order valence-electron chi connectivity index (χ0n) is 19.1. The van der Waals surface area contributed by atoms with E-state index in [1.165, 1.54) is 14.6 Å². The molecule has 0 aliphatic rings. The van der Waals surface area contributed by atoms with E-state index in [0.29, 0.717) is 30.8 Å². The van der Waals surface area contributed by atoms with Crippen LogP contribution in [0.15, 0.2) is 83.1 Å². The van der Waals surface area contributed by atoms with Gasteiger partial charge in [-0.1, -0.05) is 48.0 Å². The van der Waals surface area contributed by atoms with Gasteiger partial charge in [0.2, 0.25) is 0 Å². The summed E-state index contributed by atoms with van der Waals surface area (Å²) in [6.07, 6.45) is 2.34. The van der Waals surface area contributed by atoms with Gasteiger partial charge in [-0.3, -0.25) is 4.40 Å². The molecule has 3 heterocycles. The molecule has 0 radical (unpaired) electrons. The van der Waals surface area contributed by atoms with Crippen molar-refractivity contribution in [3.63, 3.8) is 0 Å². The number of rotatable bonds is 7. The van der Waals surface area contributed by atoms with E-state index >= 15 is 0 Å². The van der Waals surface area contributed by atoms with Crippen LogP contribution in [-0.2, 0) is 13.0 Å². The van der Waals surface area contributed by atoms with Crippen LogP contribution in [0.2, 0.25) is 0 Å². The van der Waals surface area contributed by atoms with Crippen molar-refractivity contribution in [2.45, 2.75) is 19.9 Å². The monoisotopic (exact) mass is 484 g/mol. The lowest BCUT2D eigenvalue weighted by Crippen LogP contribution is -2.30. The van der Waals surface area contributed by atoms with Crippen LogP contribution < -0.4 is 16.3 Å². The van der Waals surface area contributed by atoms with Gasteiger partial charge < -0.3 is 10.6 Å². The summed E-state index contributed by atoms with van der Waals surface area (Å²) in [6.45, 7) is 2.84. The van der Waals surface area contributed by atoms with E-state index in [0.717, 1.165) is 21.8 Å². The van der Waals surface area contributed by atoms with E-state index in [1.54, 1.807) is 29.7 Å². The van der Waals surface area contributed by atoms with Crippen molar-refractivity contribution in [2.75, 3.05) is 11.9 Å². The van der Waals surface area contributed by atoms with Crippen LogP contribution in [0.5, 0.6) is 0 Å². The fourth-order valence-corrected chi connectivity index (χ4v) is 4.58. The second kappa shape index (κ2) is 9.94. The number of aromatic nitrogens is 4. The molecule has 2 amide bonds. The predicted octanol–water partition coefficient (Wildman–Crippen LogP) is 4.34. The molecule has 0 fully saturated rings. The minimum Gasteiger partial charge on any atom is -0.337 e. The van der Waals surface area contributed by atoms with Gasteiger partial charge in [0.05, 0.1) is 12.2 Å². The molecular weight excluding hydrogens is 460 g/mol. The molecule has 2 N–H and O–H groups in total. The summed E-state index contributed by atoms with van der Waals surface area (Å²) in [7, 11) is 0. The minimum absolute atomic E-state index is 0.204. The number of carbonyl (C=O) groups is 1. The smallest absolute Gasteiger partial charge is 0.337 e. The van der Waals surface area contributed by atoms with Crippen LogP contribution in [0.3, 0.4) is 0 Å². The largest absolute Gasteiger partial charge is 0.350 e. The SMILES string of the molecule is Cc1ccc(-c2nc(CCNC(=O)Nc3cccc(Cn4nc5ccccn5c4=O)c3)cs2)cc1. The number of pyridine rings is 1.